The topological polar surface area (TPSA) is 80.8 Å². The van der Waals surface area contributed by atoms with E-state index in [2.05, 4.69) is 10.3 Å². The zero-order chi connectivity index (χ0) is 21.1. The van der Waals surface area contributed by atoms with Crippen molar-refractivity contribution in [1.82, 2.24) is 9.88 Å². The number of amides is 2. The van der Waals surface area contributed by atoms with Gasteiger partial charge in [-0.05, 0) is 29.1 Å². The number of methoxy groups -OCH3 is 2. The molecule has 0 bridgehead atoms. The molecule has 1 aromatic carbocycles. The highest BCUT2D eigenvalue weighted by atomic mass is 32.1. The third-order valence-electron chi connectivity index (χ3n) is 4.65. The van der Waals surface area contributed by atoms with Gasteiger partial charge in [0.2, 0.25) is 0 Å². The summed E-state index contributed by atoms with van der Waals surface area (Å²) in [6, 6.07) is 12.5. The van der Waals surface area contributed by atoms with Gasteiger partial charge in [0.05, 0.1) is 26.3 Å². The average Bonchev–Trinajstić information content (AvgIpc) is 3.37. The Balaban J connectivity index is 1.73. The number of carbonyl (C=O) groups is 2. The molecule has 0 radical (unpaired) electrons. The van der Waals surface area contributed by atoms with Crippen molar-refractivity contribution in [3.8, 4) is 11.5 Å². The van der Waals surface area contributed by atoms with Gasteiger partial charge in [-0.15, -0.1) is 11.3 Å². The van der Waals surface area contributed by atoms with Gasteiger partial charge < -0.3 is 14.8 Å². The van der Waals surface area contributed by atoms with Crippen molar-refractivity contribution in [3.63, 3.8) is 0 Å². The fraction of sp³-hybridized carbons (Fsp3) is 0.136. The van der Waals surface area contributed by atoms with Crippen LogP contribution in [-0.2, 0) is 16.1 Å². The van der Waals surface area contributed by atoms with Crippen LogP contribution < -0.4 is 14.8 Å². The lowest BCUT2D eigenvalue weighted by Gasteiger charge is -2.15. The number of thiophene rings is 1. The second-order valence-electron chi connectivity index (χ2n) is 6.51. The molecule has 0 saturated carbocycles. The molecule has 3 aromatic rings. The summed E-state index contributed by atoms with van der Waals surface area (Å²) < 4.78 is 10.6. The van der Waals surface area contributed by atoms with Crippen molar-refractivity contribution >= 4 is 34.4 Å². The summed E-state index contributed by atoms with van der Waals surface area (Å²) in [7, 11) is 3.10. The van der Waals surface area contributed by atoms with E-state index in [0.29, 0.717) is 22.8 Å². The molecule has 0 saturated heterocycles. The van der Waals surface area contributed by atoms with E-state index in [1.165, 1.54) is 16.2 Å². The Bertz CT molecular complexity index is 1090. The van der Waals surface area contributed by atoms with E-state index in [9.17, 15) is 9.59 Å². The van der Waals surface area contributed by atoms with Crippen LogP contribution in [0.15, 0.2) is 65.9 Å². The second kappa shape index (κ2) is 8.38. The average molecular weight is 421 g/mol. The van der Waals surface area contributed by atoms with Crippen LogP contribution in [-0.4, -0.2) is 35.9 Å². The van der Waals surface area contributed by atoms with Gasteiger partial charge in [-0.1, -0.05) is 6.07 Å². The Labute approximate surface area is 177 Å². The van der Waals surface area contributed by atoms with Crippen LogP contribution in [0.25, 0.3) is 5.57 Å². The highest BCUT2D eigenvalue weighted by Crippen LogP contribution is 2.35. The zero-order valence-electron chi connectivity index (χ0n) is 16.4. The Morgan fingerprint density at radius 1 is 1.00 bits per heavy atom. The largest absolute Gasteiger partial charge is 0.497 e. The predicted molar refractivity (Wildman–Crippen MR) is 114 cm³/mol. The molecule has 1 N–H and O–H groups in total. The molecule has 1 aliphatic rings. The minimum Gasteiger partial charge on any atom is -0.497 e. The second-order valence-corrected chi connectivity index (χ2v) is 7.45. The molecule has 1 aliphatic heterocycles. The number of hydrogen-bond donors (Lipinski definition) is 1. The SMILES string of the molecule is COc1cc(NC2=C(c3cccs3)C(=O)N(Cc3ccncc3)C2=O)cc(OC)c1. The number of hydrogen-bond acceptors (Lipinski definition) is 7. The van der Waals surface area contributed by atoms with Gasteiger partial charge in [0.15, 0.2) is 0 Å². The fourth-order valence-corrected chi connectivity index (χ4v) is 3.95. The molecule has 0 atom stereocenters. The number of nitrogens with zero attached hydrogens (tertiary/aromatic N) is 2. The van der Waals surface area contributed by atoms with E-state index in [0.717, 1.165) is 10.4 Å². The zero-order valence-corrected chi connectivity index (χ0v) is 17.2. The summed E-state index contributed by atoms with van der Waals surface area (Å²) in [5, 5.41) is 5.00. The molecule has 0 aliphatic carbocycles. The van der Waals surface area contributed by atoms with E-state index < -0.39 is 0 Å². The van der Waals surface area contributed by atoms with Crippen molar-refractivity contribution < 1.29 is 19.1 Å². The van der Waals surface area contributed by atoms with Gasteiger partial charge in [-0.2, -0.15) is 0 Å². The molecule has 2 amide bonds. The minimum atomic E-state index is -0.387. The van der Waals surface area contributed by atoms with Gasteiger partial charge in [0.1, 0.15) is 17.2 Å². The highest BCUT2D eigenvalue weighted by Gasteiger charge is 2.39. The molecule has 0 fully saturated rings. The molecule has 7 nitrogen and oxygen atoms in total. The Hall–Kier alpha value is -3.65. The monoisotopic (exact) mass is 421 g/mol. The quantitative estimate of drug-likeness (QED) is 0.588. The number of nitrogens with one attached hydrogen (secondary N) is 1. The first-order valence-corrected chi connectivity index (χ1v) is 10.0. The summed E-state index contributed by atoms with van der Waals surface area (Å²) in [5.41, 5.74) is 1.99. The summed E-state index contributed by atoms with van der Waals surface area (Å²) in [4.78, 5) is 32.4. The fourth-order valence-electron chi connectivity index (χ4n) is 3.18. The van der Waals surface area contributed by atoms with Crippen LogP contribution in [0, 0.1) is 0 Å². The number of aromatic nitrogens is 1. The molecule has 152 valence electrons. The molecule has 8 heteroatoms. The lowest BCUT2D eigenvalue weighted by Crippen LogP contribution is -2.31. The van der Waals surface area contributed by atoms with Crippen LogP contribution in [0.1, 0.15) is 10.4 Å². The Morgan fingerprint density at radius 3 is 2.30 bits per heavy atom. The molecular formula is C22H19N3O4S. The molecule has 0 spiro atoms. The van der Waals surface area contributed by atoms with Gasteiger partial charge >= 0.3 is 0 Å². The minimum absolute atomic E-state index is 0.168. The van der Waals surface area contributed by atoms with Crippen molar-refractivity contribution in [2.45, 2.75) is 6.54 Å². The summed E-state index contributed by atoms with van der Waals surface area (Å²) in [6.45, 7) is 0.168. The maximum Gasteiger partial charge on any atom is 0.278 e. The molecule has 2 aromatic heterocycles. The van der Waals surface area contributed by atoms with Gasteiger partial charge in [0, 0.05) is 41.2 Å². The predicted octanol–water partition coefficient (Wildman–Crippen LogP) is 3.55. The molecule has 3 heterocycles. The normalized spacial score (nSPS) is 13.7. The number of pyridine rings is 1. The van der Waals surface area contributed by atoms with Gasteiger partial charge in [-0.25, -0.2) is 0 Å². The number of benzene rings is 1. The van der Waals surface area contributed by atoms with Crippen molar-refractivity contribution in [2.75, 3.05) is 19.5 Å². The van der Waals surface area contributed by atoms with Gasteiger partial charge in [0.25, 0.3) is 11.8 Å². The first kappa shape index (κ1) is 19.7. The maximum atomic E-state index is 13.3. The van der Waals surface area contributed by atoms with Crippen molar-refractivity contribution in [2.24, 2.45) is 0 Å². The first-order chi connectivity index (χ1) is 14.6. The molecule has 0 unspecified atom stereocenters. The number of ether oxygens (including phenoxy) is 2. The lowest BCUT2D eigenvalue weighted by atomic mass is 10.1. The van der Waals surface area contributed by atoms with Crippen LogP contribution in [0.5, 0.6) is 11.5 Å². The van der Waals surface area contributed by atoms with Crippen molar-refractivity contribution in [3.05, 3.63) is 76.4 Å². The summed E-state index contributed by atoms with van der Waals surface area (Å²) >= 11 is 1.41. The number of carbonyl (C=O) groups excluding carboxylic acids is 2. The van der Waals surface area contributed by atoms with E-state index in [1.807, 2.05) is 17.5 Å². The Morgan fingerprint density at radius 2 is 1.70 bits per heavy atom. The van der Waals surface area contributed by atoms with Crippen LogP contribution >= 0.6 is 11.3 Å². The number of imide groups is 1. The molecule has 4 rings (SSSR count). The highest BCUT2D eigenvalue weighted by molar-refractivity contribution is 7.11. The third kappa shape index (κ3) is 3.77. The maximum absolute atomic E-state index is 13.3. The molecule has 30 heavy (non-hydrogen) atoms. The van der Waals surface area contributed by atoms with Gasteiger partial charge in [-0.3, -0.25) is 19.5 Å². The van der Waals surface area contributed by atoms with Crippen LogP contribution in [0.4, 0.5) is 5.69 Å². The third-order valence-corrected chi connectivity index (χ3v) is 5.53. The smallest absolute Gasteiger partial charge is 0.278 e. The number of anilines is 1. The Kier molecular flexibility index (Phi) is 5.49. The van der Waals surface area contributed by atoms with Crippen LogP contribution in [0.2, 0.25) is 0 Å². The summed E-state index contributed by atoms with van der Waals surface area (Å²) in [6.07, 6.45) is 3.27. The van der Waals surface area contributed by atoms with E-state index >= 15 is 0 Å². The number of rotatable bonds is 7. The van der Waals surface area contributed by atoms with Crippen LogP contribution in [0.3, 0.4) is 0 Å². The van der Waals surface area contributed by atoms with E-state index in [-0.39, 0.29) is 24.1 Å². The standard InChI is InChI=1S/C22H19N3O4S/c1-28-16-10-15(11-17(12-16)29-2)24-20-19(18-4-3-9-30-18)21(26)25(22(20)27)13-14-5-7-23-8-6-14/h3-12,24H,13H2,1-2H3. The first-order valence-electron chi connectivity index (χ1n) is 9.14. The lowest BCUT2D eigenvalue weighted by molar-refractivity contribution is -0.137. The summed E-state index contributed by atoms with van der Waals surface area (Å²) in [5.74, 6) is 0.416. The van der Waals surface area contributed by atoms with Crippen molar-refractivity contribution in [1.29, 1.82) is 0 Å². The molecular weight excluding hydrogens is 402 g/mol. The van der Waals surface area contributed by atoms with E-state index in [1.54, 1.807) is 56.9 Å². The van der Waals surface area contributed by atoms with E-state index in [4.69, 9.17) is 9.47 Å².